The molecule has 1 saturated carbocycles. The van der Waals surface area contributed by atoms with Crippen LogP contribution in [0.5, 0.6) is 5.75 Å². The minimum atomic E-state index is -0.144. The molecule has 0 radical (unpaired) electrons. The summed E-state index contributed by atoms with van der Waals surface area (Å²) in [5, 5.41) is 12.1. The second kappa shape index (κ2) is 12.7. The molecule has 1 fully saturated rings. The molecule has 1 aliphatic heterocycles. The van der Waals surface area contributed by atoms with Crippen molar-refractivity contribution < 1.29 is 9.90 Å². The Bertz CT molecular complexity index is 1380. The normalized spacial score (nSPS) is 19.4. The zero-order chi connectivity index (χ0) is 30.1. The van der Waals surface area contributed by atoms with Gasteiger partial charge in [-0.2, -0.15) is 0 Å². The van der Waals surface area contributed by atoms with Crippen molar-refractivity contribution in [3.05, 3.63) is 88.5 Å². The molecule has 0 bridgehead atoms. The van der Waals surface area contributed by atoms with Crippen LogP contribution >= 0.6 is 23.5 Å². The lowest BCUT2D eigenvalue weighted by molar-refractivity contribution is -0.116. The van der Waals surface area contributed by atoms with E-state index in [0.29, 0.717) is 28.5 Å². The van der Waals surface area contributed by atoms with Gasteiger partial charge < -0.3 is 10.0 Å². The minimum absolute atomic E-state index is 0.144. The summed E-state index contributed by atoms with van der Waals surface area (Å²) < 4.78 is 0. The number of amides is 1. The van der Waals surface area contributed by atoms with Crippen molar-refractivity contribution in [2.45, 2.75) is 113 Å². The molecular weight excluding hydrogens is 555 g/mol. The molecule has 0 saturated heterocycles. The number of rotatable bonds is 5. The van der Waals surface area contributed by atoms with Crippen LogP contribution in [-0.2, 0) is 35.0 Å². The van der Waals surface area contributed by atoms with Gasteiger partial charge in [-0.3, -0.25) is 4.79 Å². The van der Waals surface area contributed by atoms with Crippen LogP contribution in [0.3, 0.4) is 0 Å². The molecule has 3 aromatic carbocycles. The van der Waals surface area contributed by atoms with E-state index in [1.54, 1.807) is 0 Å². The molecule has 0 spiro atoms. The van der Waals surface area contributed by atoms with E-state index in [9.17, 15) is 9.90 Å². The number of anilines is 1. The number of carbonyl (C=O) groups is 1. The van der Waals surface area contributed by atoms with Crippen LogP contribution in [0, 0.1) is 0 Å². The van der Waals surface area contributed by atoms with Gasteiger partial charge in [0.25, 0.3) is 0 Å². The molecule has 1 aliphatic carbocycles. The van der Waals surface area contributed by atoms with Crippen molar-refractivity contribution in [3.8, 4) is 5.75 Å². The number of para-hydroxylation sites is 1. The van der Waals surface area contributed by atoms with Crippen molar-refractivity contribution in [2.75, 3.05) is 10.7 Å². The fraction of sp³-hybridized carbons (Fsp3) is 0.486. The summed E-state index contributed by atoms with van der Waals surface area (Å²) in [7, 11) is 0. The Morgan fingerprint density at radius 1 is 0.810 bits per heavy atom. The number of benzene rings is 3. The van der Waals surface area contributed by atoms with E-state index < -0.39 is 0 Å². The molecule has 3 aromatic rings. The maximum absolute atomic E-state index is 14.0. The summed E-state index contributed by atoms with van der Waals surface area (Å²) in [6.07, 6.45) is 6.72. The van der Waals surface area contributed by atoms with Gasteiger partial charge in [-0.1, -0.05) is 96.8 Å². The van der Waals surface area contributed by atoms with Crippen LogP contribution in [0.25, 0.3) is 0 Å². The first-order valence-corrected chi connectivity index (χ1v) is 17.5. The molecule has 1 N–H and O–H groups in total. The van der Waals surface area contributed by atoms with Gasteiger partial charge in [0.2, 0.25) is 5.91 Å². The number of aromatic hydroxyl groups is 1. The van der Waals surface area contributed by atoms with E-state index in [2.05, 4.69) is 102 Å². The van der Waals surface area contributed by atoms with Crippen molar-refractivity contribution in [3.63, 3.8) is 0 Å². The van der Waals surface area contributed by atoms with Gasteiger partial charge in [-0.15, -0.1) is 23.5 Å². The highest BCUT2D eigenvalue weighted by molar-refractivity contribution is 8.04. The van der Waals surface area contributed by atoms with Crippen LogP contribution < -0.4 is 4.90 Å². The van der Waals surface area contributed by atoms with E-state index >= 15 is 0 Å². The Labute approximate surface area is 261 Å². The lowest BCUT2D eigenvalue weighted by Crippen LogP contribution is -2.35. The zero-order valence-corrected chi connectivity index (χ0v) is 27.8. The number of hydrogen-bond acceptors (Lipinski definition) is 4. The molecule has 2 atom stereocenters. The third-order valence-electron chi connectivity index (χ3n) is 8.74. The number of hydrogen-bond donors (Lipinski definition) is 1. The summed E-state index contributed by atoms with van der Waals surface area (Å²) >= 11 is 3.81. The number of fused-ring (bicyclic) bond motifs is 2. The maximum atomic E-state index is 14.0. The van der Waals surface area contributed by atoms with Crippen molar-refractivity contribution in [1.82, 2.24) is 0 Å². The van der Waals surface area contributed by atoms with Crippen molar-refractivity contribution in [2.24, 2.45) is 0 Å². The minimum Gasteiger partial charge on any atom is -0.507 e. The van der Waals surface area contributed by atoms with Gasteiger partial charge in [0, 0.05) is 32.2 Å². The van der Waals surface area contributed by atoms with E-state index in [-0.39, 0.29) is 16.7 Å². The van der Waals surface area contributed by atoms with Crippen LogP contribution in [0.2, 0.25) is 0 Å². The van der Waals surface area contributed by atoms with Gasteiger partial charge in [0.05, 0.1) is 12.3 Å². The van der Waals surface area contributed by atoms with Gasteiger partial charge in [-0.25, -0.2) is 0 Å². The summed E-state index contributed by atoms with van der Waals surface area (Å²) in [5.41, 5.74) is 6.68. The fourth-order valence-corrected chi connectivity index (χ4v) is 9.22. The predicted molar refractivity (Wildman–Crippen MR) is 181 cm³/mol. The van der Waals surface area contributed by atoms with Crippen LogP contribution in [0.1, 0.15) is 95.0 Å². The molecule has 1 amide bonds. The van der Waals surface area contributed by atoms with Gasteiger partial charge >= 0.3 is 0 Å². The molecule has 2 aliphatic rings. The summed E-state index contributed by atoms with van der Waals surface area (Å²) in [6.45, 7) is 13.7. The number of nitrogens with zero attached hydrogens (tertiary/aromatic N) is 1. The molecule has 0 unspecified atom stereocenters. The topological polar surface area (TPSA) is 40.5 Å². The van der Waals surface area contributed by atoms with Gasteiger partial charge in [0.1, 0.15) is 5.75 Å². The zero-order valence-electron chi connectivity index (χ0n) is 26.2. The maximum Gasteiger partial charge on any atom is 0.237 e. The van der Waals surface area contributed by atoms with Gasteiger partial charge in [0.15, 0.2) is 0 Å². The average Bonchev–Trinajstić information content (AvgIpc) is 2.93. The first-order chi connectivity index (χ1) is 19.9. The molecule has 1 heterocycles. The Balaban J connectivity index is 1.35. The summed E-state index contributed by atoms with van der Waals surface area (Å²) in [6, 6.07) is 21.5. The third-order valence-corrected chi connectivity index (χ3v) is 11.7. The highest BCUT2D eigenvalue weighted by Gasteiger charge is 2.31. The lowest BCUT2D eigenvalue weighted by Gasteiger charge is -2.33. The molecule has 5 rings (SSSR count). The molecule has 224 valence electrons. The summed E-state index contributed by atoms with van der Waals surface area (Å²) in [5.74, 6) is 1.14. The number of thioether (sulfide) groups is 2. The van der Waals surface area contributed by atoms with Crippen LogP contribution in [0.15, 0.2) is 65.6 Å². The van der Waals surface area contributed by atoms with E-state index in [0.717, 1.165) is 42.5 Å². The Morgan fingerprint density at radius 3 is 2.00 bits per heavy atom. The molecule has 3 nitrogen and oxygen atoms in total. The fourth-order valence-electron chi connectivity index (χ4n) is 6.33. The molecular formula is C37H47NO2S2. The average molecular weight is 602 g/mol. The molecule has 42 heavy (non-hydrogen) atoms. The third kappa shape index (κ3) is 7.05. The highest BCUT2D eigenvalue weighted by Crippen LogP contribution is 2.45. The Morgan fingerprint density at radius 2 is 1.36 bits per heavy atom. The van der Waals surface area contributed by atoms with Crippen molar-refractivity contribution >= 4 is 35.1 Å². The predicted octanol–water partition coefficient (Wildman–Crippen LogP) is 9.46. The largest absolute Gasteiger partial charge is 0.507 e. The van der Waals surface area contributed by atoms with E-state index in [4.69, 9.17) is 0 Å². The van der Waals surface area contributed by atoms with E-state index in [1.807, 2.05) is 28.4 Å². The Kier molecular flexibility index (Phi) is 9.39. The quantitative estimate of drug-likeness (QED) is 0.316. The molecule has 0 aromatic heterocycles. The second-order valence-corrected chi connectivity index (χ2v) is 16.6. The number of phenolic OH excluding ortho intramolecular Hbond substituents is 1. The summed E-state index contributed by atoms with van der Waals surface area (Å²) in [4.78, 5) is 17.2. The Hall–Kier alpha value is -2.37. The standard InChI is InChI=1S/C37H47NO2S2/c1-36(2,3)29-21-28(22-30(35(29)40)37(4,5)6)42-33-18-12-11-17-32(33)41-24-34(39)38-23-27-15-8-7-13-25(27)19-20-26-14-9-10-16-31(26)38/h7-10,13-16,21-22,32-33,40H,11-12,17-20,23-24H2,1-6H3/t32-,33-/m1/s1. The monoisotopic (exact) mass is 601 g/mol. The second-order valence-electron chi connectivity index (χ2n) is 14.0. The SMILES string of the molecule is CC(C)(C)c1cc(S[C@@H]2CCCC[C@H]2SCC(=O)N2Cc3ccccc3CCc3ccccc32)cc(C(C)(C)C)c1O. The molecule has 5 heteroatoms. The van der Waals surface area contributed by atoms with Crippen LogP contribution in [-0.4, -0.2) is 27.3 Å². The first kappa shape index (κ1) is 31.1. The number of aryl methyl sites for hydroxylation is 2. The van der Waals surface area contributed by atoms with Gasteiger partial charge in [-0.05, 0) is 71.4 Å². The van der Waals surface area contributed by atoms with Crippen LogP contribution in [0.4, 0.5) is 5.69 Å². The van der Waals surface area contributed by atoms with Crippen molar-refractivity contribution in [1.29, 1.82) is 0 Å². The smallest absolute Gasteiger partial charge is 0.237 e. The number of phenols is 1. The number of carbonyl (C=O) groups excluding carboxylic acids is 1. The van der Waals surface area contributed by atoms with E-state index in [1.165, 1.54) is 34.4 Å². The highest BCUT2D eigenvalue weighted by atomic mass is 32.2. The first-order valence-electron chi connectivity index (χ1n) is 15.5. The lowest BCUT2D eigenvalue weighted by atomic mass is 9.79.